The van der Waals surface area contributed by atoms with Gasteiger partial charge in [0, 0.05) is 12.8 Å². The topological polar surface area (TPSA) is 35.5 Å². The molecule has 3 nitrogen and oxygen atoms in total. The second-order valence-electron chi connectivity index (χ2n) is 3.24. The van der Waals surface area contributed by atoms with E-state index in [1.807, 2.05) is 12.2 Å². The van der Waals surface area contributed by atoms with Crippen molar-refractivity contribution in [3.05, 3.63) is 24.3 Å². The zero-order valence-corrected chi connectivity index (χ0v) is 9.72. The van der Waals surface area contributed by atoms with Crippen LogP contribution in [0.25, 0.3) is 0 Å². The molecule has 6 heteroatoms. The first-order chi connectivity index (χ1) is 6.52. The number of halogens is 2. The Hall–Kier alpha value is 0.210. The molecule has 0 saturated carbocycles. The van der Waals surface area contributed by atoms with Gasteiger partial charge in [-0.2, -0.15) is 0 Å². The van der Waals surface area contributed by atoms with Gasteiger partial charge in [0.1, 0.15) is 0 Å². The predicted octanol–water partition coefficient (Wildman–Crippen LogP) is 3.20. The fraction of sp³-hybridized carbons (Fsp3) is 0.500. The van der Waals surface area contributed by atoms with Crippen LogP contribution in [0.3, 0.4) is 0 Å². The van der Waals surface area contributed by atoms with E-state index in [2.05, 4.69) is 0 Å². The fourth-order valence-corrected chi connectivity index (χ4v) is 2.69. The molecule has 0 fully saturated rings. The smallest absolute Gasteiger partial charge is 0.284 e. The molecule has 0 spiro atoms. The molecule has 2 unspecified atom stereocenters. The Morgan fingerprint density at radius 2 is 1.43 bits per heavy atom. The molecule has 2 aliphatic rings. The molecule has 0 heterocycles. The van der Waals surface area contributed by atoms with E-state index < -0.39 is 18.4 Å². The van der Waals surface area contributed by atoms with E-state index in [0.717, 1.165) is 0 Å². The summed E-state index contributed by atoms with van der Waals surface area (Å²) in [4.78, 5) is 0. The van der Waals surface area contributed by atoms with Crippen LogP contribution in [0.15, 0.2) is 24.3 Å². The first-order valence-electron chi connectivity index (χ1n) is 4.17. The highest BCUT2D eigenvalue weighted by molar-refractivity contribution is 7.33. The molecule has 0 bridgehead atoms. The van der Waals surface area contributed by atoms with Crippen molar-refractivity contribution in [1.82, 2.24) is 0 Å². The van der Waals surface area contributed by atoms with Gasteiger partial charge in [-0.05, 0) is 12.2 Å². The van der Waals surface area contributed by atoms with Gasteiger partial charge < -0.3 is 0 Å². The van der Waals surface area contributed by atoms with E-state index in [4.69, 9.17) is 32.2 Å². The van der Waals surface area contributed by atoms with Crippen molar-refractivity contribution in [2.75, 3.05) is 0 Å². The molecule has 0 aliphatic heterocycles. The lowest BCUT2D eigenvalue weighted by Gasteiger charge is -2.32. The summed E-state index contributed by atoms with van der Waals surface area (Å²) in [5.74, 6) is 0. The summed E-state index contributed by atoms with van der Waals surface area (Å²) in [6, 6.07) is 0. The quantitative estimate of drug-likeness (QED) is 0.439. The van der Waals surface area contributed by atoms with E-state index in [9.17, 15) is 4.57 Å². The van der Waals surface area contributed by atoms with Crippen LogP contribution >= 0.6 is 31.5 Å². The summed E-state index contributed by atoms with van der Waals surface area (Å²) >= 11 is 11.7. The Morgan fingerprint density at radius 1 is 1.07 bits per heavy atom. The molecule has 0 saturated heterocycles. The second-order valence-corrected chi connectivity index (χ2v) is 5.43. The molecule has 0 radical (unpaired) electrons. The summed E-state index contributed by atoms with van der Waals surface area (Å²) in [6.07, 6.45) is 8.03. The monoisotopic (exact) mass is 254 g/mol. The zero-order chi connectivity index (χ0) is 10.2. The van der Waals surface area contributed by atoms with Crippen LogP contribution in [0.4, 0.5) is 0 Å². The van der Waals surface area contributed by atoms with Crippen molar-refractivity contribution >= 4 is 31.5 Å². The van der Waals surface area contributed by atoms with Crippen molar-refractivity contribution < 1.29 is 13.6 Å². The van der Waals surface area contributed by atoms with Crippen molar-refractivity contribution in [3.63, 3.8) is 0 Å². The molecule has 2 rings (SSSR count). The Morgan fingerprint density at radius 3 is 1.64 bits per heavy atom. The minimum absolute atomic E-state index is 0.541. The summed E-state index contributed by atoms with van der Waals surface area (Å²) in [5.41, 5.74) is 0. The van der Waals surface area contributed by atoms with Crippen molar-refractivity contribution in [1.29, 1.82) is 0 Å². The van der Waals surface area contributed by atoms with Gasteiger partial charge in [0.05, 0.1) is 0 Å². The van der Waals surface area contributed by atoms with E-state index in [1.54, 1.807) is 12.2 Å². The standard InChI is InChI=1S/C8H9Cl2O3P/c9-7(3-1-4-7)12-14(11)13-8(10)5-2-6-8/h1-3,5,14H,4,6H2. The maximum absolute atomic E-state index is 11.4. The SMILES string of the molecule is O=[PH](OC1(Cl)C=CC1)OC1(Cl)C=CC1. The highest BCUT2D eigenvalue weighted by atomic mass is 35.5. The van der Waals surface area contributed by atoms with E-state index >= 15 is 0 Å². The van der Waals surface area contributed by atoms with Gasteiger partial charge in [-0.3, -0.25) is 13.6 Å². The number of hydrogen-bond donors (Lipinski definition) is 0. The number of alkyl halides is 2. The molecule has 0 amide bonds. The summed E-state index contributed by atoms with van der Waals surface area (Å²) in [6.45, 7) is 0. The average Bonchev–Trinajstić information content (AvgIpc) is 1.98. The Bertz CT molecular complexity index is 301. The van der Waals surface area contributed by atoms with Gasteiger partial charge in [0.25, 0.3) is 0 Å². The molecule has 0 aromatic carbocycles. The normalized spacial score (nSPS) is 41.6. The lowest BCUT2D eigenvalue weighted by atomic mass is 10.1. The molecule has 0 aromatic heterocycles. The molecular formula is C8H9Cl2O3P. The Balaban J connectivity index is 1.85. The third-order valence-corrected chi connectivity index (χ3v) is 4.07. The Kier molecular flexibility index (Phi) is 2.80. The highest BCUT2D eigenvalue weighted by Gasteiger charge is 2.37. The largest absolute Gasteiger partial charge is 0.323 e. The van der Waals surface area contributed by atoms with Crippen molar-refractivity contribution in [3.8, 4) is 0 Å². The summed E-state index contributed by atoms with van der Waals surface area (Å²) < 4.78 is 21.4. The molecule has 78 valence electrons. The van der Waals surface area contributed by atoms with Crippen LogP contribution < -0.4 is 0 Å². The minimum atomic E-state index is -2.64. The van der Waals surface area contributed by atoms with Gasteiger partial charge in [0.2, 0.25) is 0 Å². The van der Waals surface area contributed by atoms with Gasteiger partial charge in [-0.15, -0.1) is 0 Å². The molecule has 2 atom stereocenters. The van der Waals surface area contributed by atoms with Crippen molar-refractivity contribution in [2.24, 2.45) is 0 Å². The van der Waals surface area contributed by atoms with E-state index in [0.29, 0.717) is 12.8 Å². The van der Waals surface area contributed by atoms with Crippen LogP contribution in [-0.2, 0) is 13.6 Å². The first kappa shape index (κ1) is 10.7. The second kappa shape index (κ2) is 3.66. The van der Waals surface area contributed by atoms with E-state index in [-0.39, 0.29) is 0 Å². The molecule has 0 N–H and O–H groups in total. The fourth-order valence-electron chi connectivity index (χ4n) is 1.06. The van der Waals surface area contributed by atoms with Crippen molar-refractivity contribution in [2.45, 2.75) is 23.0 Å². The predicted molar refractivity (Wildman–Crippen MR) is 55.9 cm³/mol. The lowest BCUT2D eigenvalue weighted by Crippen LogP contribution is -2.28. The first-order valence-corrected chi connectivity index (χ1v) is 6.15. The number of hydrogen-bond acceptors (Lipinski definition) is 3. The molecule has 2 aliphatic carbocycles. The zero-order valence-electron chi connectivity index (χ0n) is 7.20. The third kappa shape index (κ3) is 2.23. The average molecular weight is 255 g/mol. The van der Waals surface area contributed by atoms with E-state index in [1.165, 1.54) is 0 Å². The number of rotatable bonds is 4. The van der Waals surface area contributed by atoms with Gasteiger partial charge in [-0.25, -0.2) is 0 Å². The van der Waals surface area contributed by atoms with Crippen LogP contribution in [0, 0.1) is 0 Å². The van der Waals surface area contributed by atoms with Crippen LogP contribution in [0.1, 0.15) is 12.8 Å². The van der Waals surface area contributed by atoms with Crippen LogP contribution in [0.2, 0.25) is 0 Å². The van der Waals surface area contributed by atoms with Gasteiger partial charge in [-0.1, -0.05) is 35.4 Å². The van der Waals surface area contributed by atoms with Crippen LogP contribution in [0.5, 0.6) is 0 Å². The van der Waals surface area contributed by atoms with Gasteiger partial charge in [0.15, 0.2) is 10.1 Å². The molecule has 0 aromatic rings. The highest BCUT2D eigenvalue weighted by Crippen LogP contribution is 2.47. The lowest BCUT2D eigenvalue weighted by molar-refractivity contribution is 0.119. The third-order valence-electron chi connectivity index (χ3n) is 2.03. The molecule has 14 heavy (non-hydrogen) atoms. The summed E-state index contributed by atoms with van der Waals surface area (Å²) in [7, 11) is -2.64. The molecular weight excluding hydrogens is 246 g/mol. The maximum atomic E-state index is 11.4. The van der Waals surface area contributed by atoms with Gasteiger partial charge >= 0.3 is 8.25 Å². The maximum Gasteiger partial charge on any atom is 0.323 e. The van der Waals surface area contributed by atoms with Crippen LogP contribution in [-0.4, -0.2) is 10.1 Å². The summed E-state index contributed by atoms with van der Waals surface area (Å²) in [5, 5.41) is -1.90. The Labute approximate surface area is 92.6 Å². The minimum Gasteiger partial charge on any atom is -0.284 e.